The maximum absolute atomic E-state index is 8.96. The van der Waals surface area contributed by atoms with Crippen molar-refractivity contribution in [3.05, 3.63) is 22.7 Å². The predicted octanol–water partition coefficient (Wildman–Crippen LogP) is 3.13. The molecule has 104 valence electrons. The summed E-state index contributed by atoms with van der Waals surface area (Å²) in [6, 6.07) is 5.68. The lowest BCUT2D eigenvalue weighted by Gasteiger charge is -2.18. The summed E-state index contributed by atoms with van der Waals surface area (Å²) >= 11 is 5.97. The van der Waals surface area contributed by atoms with Gasteiger partial charge in [-0.1, -0.05) is 11.6 Å². The molecule has 0 saturated heterocycles. The molecule has 0 heterocycles. The molecule has 0 aliphatic heterocycles. The monoisotopic (exact) mass is 282 g/mol. The standard InChI is InChI=1S/C14H19ClN2O2/c1-14(2,9-17)4-5-19-13-10(8-16)6-11(15)7-12(13)18-3/h6-7H,4-5,8,16H2,1-3H3. The summed E-state index contributed by atoms with van der Waals surface area (Å²) in [5, 5.41) is 9.52. The van der Waals surface area contributed by atoms with Crippen LogP contribution in [0.3, 0.4) is 0 Å². The van der Waals surface area contributed by atoms with E-state index in [1.54, 1.807) is 19.2 Å². The Bertz CT molecular complexity index is 456. The van der Waals surface area contributed by atoms with Crippen molar-refractivity contribution >= 4 is 11.6 Å². The van der Waals surface area contributed by atoms with Crippen LogP contribution in [0.4, 0.5) is 0 Å². The number of hydrogen-bond acceptors (Lipinski definition) is 4. The van der Waals surface area contributed by atoms with E-state index in [0.29, 0.717) is 36.1 Å². The van der Waals surface area contributed by atoms with E-state index in [9.17, 15) is 0 Å². The minimum Gasteiger partial charge on any atom is -0.493 e. The van der Waals surface area contributed by atoms with Gasteiger partial charge in [-0.15, -0.1) is 0 Å². The normalized spacial score (nSPS) is 10.9. The van der Waals surface area contributed by atoms with Crippen molar-refractivity contribution in [2.45, 2.75) is 26.8 Å². The first-order valence-corrected chi connectivity index (χ1v) is 6.42. The fraction of sp³-hybridized carbons (Fsp3) is 0.500. The second kappa shape index (κ2) is 6.65. The van der Waals surface area contributed by atoms with E-state index in [1.807, 2.05) is 13.8 Å². The molecule has 0 bridgehead atoms. The van der Waals surface area contributed by atoms with Gasteiger partial charge in [0.1, 0.15) is 0 Å². The summed E-state index contributed by atoms with van der Waals surface area (Å²) in [6.07, 6.45) is 0.624. The smallest absolute Gasteiger partial charge is 0.165 e. The van der Waals surface area contributed by atoms with Crippen LogP contribution in [-0.4, -0.2) is 13.7 Å². The molecular weight excluding hydrogens is 264 g/mol. The molecule has 0 atom stereocenters. The van der Waals surface area contributed by atoms with E-state index >= 15 is 0 Å². The largest absolute Gasteiger partial charge is 0.493 e. The highest BCUT2D eigenvalue weighted by Crippen LogP contribution is 2.35. The maximum Gasteiger partial charge on any atom is 0.165 e. The molecule has 0 radical (unpaired) electrons. The first-order chi connectivity index (χ1) is 8.93. The minimum absolute atomic E-state index is 0.313. The number of halogens is 1. The average molecular weight is 283 g/mol. The van der Waals surface area contributed by atoms with Gasteiger partial charge >= 0.3 is 0 Å². The van der Waals surface area contributed by atoms with Gasteiger partial charge in [-0.2, -0.15) is 5.26 Å². The summed E-state index contributed by atoms with van der Waals surface area (Å²) in [5.74, 6) is 1.16. The van der Waals surface area contributed by atoms with E-state index in [2.05, 4.69) is 6.07 Å². The van der Waals surface area contributed by atoms with Gasteiger partial charge in [0.15, 0.2) is 11.5 Å². The van der Waals surface area contributed by atoms with Gasteiger partial charge in [0.05, 0.1) is 25.2 Å². The van der Waals surface area contributed by atoms with Gasteiger partial charge in [-0.3, -0.25) is 0 Å². The summed E-state index contributed by atoms with van der Waals surface area (Å²) in [7, 11) is 1.55. The highest BCUT2D eigenvalue weighted by atomic mass is 35.5. The third-order valence-electron chi connectivity index (χ3n) is 2.81. The Kier molecular flexibility index (Phi) is 5.46. The summed E-state index contributed by atoms with van der Waals surface area (Å²) in [5.41, 5.74) is 6.06. The van der Waals surface area contributed by atoms with Crippen LogP contribution in [0.25, 0.3) is 0 Å². The highest BCUT2D eigenvalue weighted by molar-refractivity contribution is 6.30. The molecule has 1 aromatic carbocycles. The summed E-state index contributed by atoms with van der Waals surface area (Å²) in [6.45, 7) is 4.48. The van der Waals surface area contributed by atoms with Crippen LogP contribution in [0.1, 0.15) is 25.8 Å². The van der Waals surface area contributed by atoms with Gasteiger partial charge in [-0.25, -0.2) is 0 Å². The van der Waals surface area contributed by atoms with E-state index in [-0.39, 0.29) is 0 Å². The van der Waals surface area contributed by atoms with Crippen LogP contribution in [-0.2, 0) is 6.54 Å². The molecule has 2 N–H and O–H groups in total. The molecule has 0 spiro atoms. The molecule has 0 aliphatic rings. The molecule has 4 nitrogen and oxygen atoms in total. The van der Waals surface area contributed by atoms with Crippen LogP contribution in [0.5, 0.6) is 11.5 Å². The number of nitrogens with zero attached hydrogens (tertiary/aromatic N) is 1. The minimum atomic E-state index is -0.414. The summed E-state index contributed by atoms with van der Waals surface area (Å²) < 4.78 is 11.0. The van der Waals surface area contributed by atoms with Crippen molar-refractivity contribution in [1.29, 1.82) is 5.26 Å². The molecule has 0 amide bonds. The van der Waals surface area contributed by atoms with Crippen LogP contribution in [0.15, 0.2) is 12.1 Å². The van der Waals surface area contributed by atoms with Crippen molar-refractivity contribution in [3.8, 4) is 17.6 Å². The predicted molar refractivity (Wildman–Crippen MR) is 75.4 cm³/mol. The van der Waals surface area contributed by atoms with Crippen molar-refractivity contribution in [1.82, 2.24) is 0 Å². The fourth-order valence-corrected chi connectivity index (χ4v) is 1.78. The van der Waals surface area contributed by atoms with Crippen LogP contribution >= 0.6 is 11.6 Å². The number of methoxy groups -OCH3 is 1. The molecule has 0 aromatic heterocycles. The lowest BCUT2D eigenvalue weighted by molar-refractivity contribution is 0.250. The quantitative estimate of drug-likeness (QED) is 0.870. The van der Waals surface area contributed by atoms with E-state index < -0.39 is 5.41 Å². The molecule has 5 heteroatoms. The van der Waals surface area contributed by atoms with Crippen molar-refractivity contribution in [2.75, 3.05) is 13.7 Å². The third kappa shape index (κ3) is 4.30. The SMILES string of the molecule is COc1cc(Cl)cc(CN)c1OCCC(C)(C)C#N. The van der Waals surface area contributed by atoms with E-state index in [4.69, 9.17) is 32.1 Å². The Balaban J connectivity index is 2.85. The zero-order valence-electron chi connectivity index (χ0n) is 11.5. The molecule has 0 saturated carbocycles. The Morgan fingerprint density at radius 2 is 2.11 bits per heavy atom. The highest BCUT2D eigenvalue weighted by Gasteiger charge is 2.18. The molecule has 1 rings (SSSR count). The van der Waals surface area contributed by atoms with Gasteiger partial charge < -0.3 is 15.2 Å². The maximum atomic E-state index is 8.96. The number of nitriles is 1. The number of ether oxygens (including phenoxy) is 2. The molecule has 19 heavy (non-hydrogen) atoms. The Labute approximate surface area is 119 Å². The molecule has 0 unspecified atom stereocenters. The zero-order chi connectivity index (χ0) is 14.5. The Morgan fingerprint density at radius 3 is 2.63 bits per heavy atom. The van der Waals surface area contributed by atoms with Crippen molar-refractivity contribution in [2.24, 2.45) is 11.1 Å². The second-order valence-electron chi connectivity index (χ2n) is 4.89. The zero-order valence-corrected chi connectivity index (χ0v) is 12.3. The second-order valence-corrected chi connectivity index (χ2v) is 5.33. The molecular formula is C14H19ClN2O2. The third-order valence-corrected chi connectivity index (χ3v) is 3.03. The van der Waals surface area contributed by atoms with E-state index in [0.717, 1.165) is 5.56 Å². The van der Waals surface area contributed by atoms with Crippen LogP contribution in [0, 0.1) is 16.7 Å². The number of hydrogen-bond donors (Lipinski definition) is 1. The Morgan fingerprint density at radius 1 is 1.42 bits per heavy atom. The van der Waals surface area contributed by atoms with Crippen LogP contribution in [0.2, 0.25) is 5.02 Å². The summed E-state index contributed by atoms with van der Waals surface area (Å²) in [4.78, 5) is 0. The average Bonchev–Trinajstić information content (AvgIpc) is 2.39. The Hall–Kier alpha value is -1.44. The van der Waals surface area contributed by atoms with Gasteiger partial charge in [0.25, 0.3) is 0 Å². The fourth-order valence-electron chi connectivity index (χ4n) is 1.55. The van der Waals surface area contributed by atoms with Gasteiger partial charge in [-0.05, 0) is 26.3 Å². The van der Waals surface area contributed by atoms with Crippen molar-refractivity contribution in [3.63, 3.8) is 0 Å². The van der Waals surface area contributed by atoms with Crippen LogP contribution < -0.4 is 15.2 Å². The number of rotatable bonds is 6. The number of benzene rings is 1. The van der Waals surface area contributed by atoms with Gasteiger partial charge in [0.2, 0.25) is 0 Å². The van der Waals surface area contributed by atoms with Crippen molar-refractivity contribution < 1.29 is 9.47 Å². The van der Waals surface area contributed by atoms with E-state index in [1.165, 1.54) is 0 Å². The first-order valence-electron chi connectivity index (χ1n) is 6.04. The number of nitrogens with two attached hydrogens (primary N) is 1. The molecule has 1 aromatic rings. The first kappa shape index (κ1) is 15.6. The molecule has 0 aliphatic carbocycles. The topological polar surface area (TPSA) is 68.3 Å². The van der Waals surface area contributed by atoms with Gasteiger partial charge in [0, 0.05) is 23.2 Å². The molecule has 0 fully saturated rings. The lowest BCUT2D eigenvalue weighted by atomic mass is 9.92. The lowest BCUT2D eigenvalue weighted by Crippen LogP contribution is -2.14.